The molecule has 2 aliphatic rings. The van der Waals surface area contributed by atoms with E-state index in [1.54, 1.807) is 0 Å². The largest absolute Gasteiger partial charge is 0.445 e. The number of benzene rings is 2. The van der Waals surface area contributed by atoms with Crippen molar-refractivity contribution in [3.05, 3.63) is 71.8 Å². The highest BCUT2D eigenvalue weighted by Gasteiger charge is 2.32. The standard InChI is InChI=1S/C26H33N3O3/c30-25-18-29(17-23(27-25)15-20-9-3-1-4-10-20)16-22-13-7-8-14-24(22)28-26(31)32-19-21-11-5-2-6-12-21/h1-6,9-12,22-24H,7-8,13-19H2,(H,27,30)(H,28,31)/t22-,23?,24+/m0/s1. The van der Waals surface area contributed by atoms with Gasteiger partial charge in [-0.15, -0.1) is 0 Å². The van der Waals surface area contributed by atoms with Gasteiger partial charge in [-0.05, 0) is 36.3 Å². The van der Waals surface area contributed by atoms with Crippen molar-refractivity contribution in [3.63, 3.8) is 0 Å². The molecule has 2 aromatic carbocycles. The van der Waals surface area contributed by atoms with Crippen LogP contribution in [-0.4, -0.2) is 48.6 Å². The van der Waals surface area contributed by atoms with Crippen molar-refractivity contribution in [2.45, 2.75) is 50.8 Å². The van der Waals surface area contributed by atoms with Gasteiger partial charge in [0.2, 0.25) is 5.91 Å². The van der Waals surface area contributed by atoms with E-state index in [0.717, 1.165) is 50.8 Å². The van der Waals surface area contributed by atoms with Gasteiger partial charge in [-0.2, -0.15) is 0 Å². The third-order valence-corrected chi connectivity index (χ3v) is 6.45. The van der Waals surface area contributed by atoms with Crippen molar-refractivity contribution in [1.29, 1.82) is 0 Å². The summed E-state index contributed by atoms with van der Waals surface area (Å²) in [4.78, 5) is 27.0. The number of nitrogens with one attached hydrogen (secondary N) is 2. The van der Waals surface area contributed by atoms with Gasteiger partial charge >= 0.3 is 6.09 Å². The SMILES string of the molecule is O=C1CN(C[C@@H]2CCCC[C@H]2NC(=O)OCc2ccccc2)CC(Cc2ccccc2)N1. The molecule has 0 radical (unpaired) electrons. The fourth-order valence-electron chi connectivity index (χ4n) is 4.92. The molecule has 1 aliphatic heterocycles. The lowest BCUT2D eigenvalue weighted by Crippen LogP contribution is -2.57. The Labute approximate surface area is 190 Å². The molecule has 1 saturated carbocycles. The van der Waals surface area contributed by atoms with Crippen LogP contribution >= 0.6 is 0 Å². The molecule has 6 heteroatoms. The maximum absolute atomic E-state index is 12.4. The van der Waals surface area contributed by atoms with E-state index in [-0.39, 0.29) is 30.7 Å². The van der Waals surface area contributed by atoms with Gasteiger partial charge in [0.25, 0.3) is 0 Å². The summed E-state index contributed by atoms with van der Waals surface area (Å²) in [6, 6.07) is 20.2. The van der Waals surface area contributed by atoms with Gasteiger partial charge in [0.15, 0.2) is 0 Å². The molecule has 1 aliphatic carbocycles. The van der Waals surface area contributed by atoms with E-state index in [1.807, 2.05) is 48.5 Å². The summed E-state index contributed by atoms with van der Waals surface area (Å²) in [5.74, 6) is 0.413. The molecule has 0 bridgehead atoms. The van der Waals surface area contributed by atoms with E-state index >= 15 is 0 Å². The fraction of sp³-hybridized carbons (Fsp3) is 0.462. The van der Waals surface area contributed by atoms with Crippen molar-refractivity contribution in [1.82, 2.24) is 15.5 Å². The van der Waals surface area contributed by atoms with Crippen LogP contribution in [0, 0.1) is 5.92 Å². The van der Waals surface area contributed by atoms with Crippen LogP contribution in [0.2, 0.25) is 0 Å². The lowest BCUT2D eigenvalue weighted by molar-refractivity contribution is -0.125. The van der Waals surface area contributed by atoms with Gasteiger partial charge in [0.05, 0.1) is 6.54 Å². The molecule has 0 spiro atoms. The van der Waals surface area contributed by atoms with Crippen LogP contribution in [-0.2, 0) is 22.6 Å². The maximum Gasteiger partial charge on any atom is 0.407 e. The summed E-state index contributed by atoms with van der Waals surface area (Å²) in [5, 5.41) is 6.24. The zero-order chi connectivity index (χ0) is 22.2. The van der Waals surface area contributed by atoms with E-state index in [4.69, 9.17) is 4.74 Å². The number of nitrogens with zero attached hydrogens (tertiary/aromatic N) is 1. The Morgan fingerprint density at radius 3 is 2.44 bits per heavy atom. The van der Waals surface area contributed by atoms with E-state index in [9.17, 15) is 9.59 Å². The Hall–Kier alpha value is -2.86. The van der Waals surface area contributed by atoms with Gasteiger partial charge in [-0.3, -0.25) is 9.69 Å². The number of carbonyl (C=O) groups excluding carboxylic acids is 2. The molecule has 3 atom stereocenters. The average molecular weight is 436 g/mol. The van der Waals surface area contributed by atoms with Crippen LogP contribution in [0.4, 0.5) is 4.79 Å². The number of rotatable bonds is 7. The Morgan fingerprint density at radius 2 is 1.69 bits per heavy atom. The van der Waals surface area contributed by atoms with Crippen LogP contribution in [0.1, 0.15) is 36.8 Å². The monoisotopic (exact) mass is 435 g/mol. The second kappa shape index (κ2) is 11.1. The maximum atomic E-state index is 12.4. The summed E-state index contributed by atoms with van der Waals surface area (Å²) >= 11 is 0. The minimum Gasteiger partial charge on any atom is -0.445 e. The van der Waals surface area contributed by atoms with Crippen molar-refractivity contribution in [3.8, 4) is 0 Å². The number of carbonyl (C=O) groups is 2. The number of piperazine rings is 1. The van der Waals surface area contributed by atoms with Gasteiger partial charge in [-0.1, -0.05) is 73.5 Å². The highest BCUT2D eigenvalue weighted by molar-refractivity contribution is 5.79. The summed E-state index contributed by atoms with van der Waals surface area (Å²) in [5.41, 5.74) is 2.21. The molecular weight excluding hydrogens is 402 g/mol. The first-order valence-corrected chi connectivity index (χ1v) is 11.7. The van der Waals surface area contributed by atoms with Crippen molar-refractivity contribution < 1.29 is 14.3 Å². The highest BCUT2D eigenvalue weighted by Crippen LogP contribution is 2.26. The number of amides is 2. The summed E-state index contributed by atoms with van der Waals surface area (Å²) < 4.78 is 5.44. The number of alkyl carbamates (subject to hydrolysis) is 1. The summed E-state index contributed by atoms with van der Waals surface area (Å²) in [6.45, 7) is 2.36. The van der Waals surface area contributed by atoms with Crippen LogP contribution in [0.25, 0.3) is 0 Å². The Balaban J connectivity index is 1.30. The van der Waals surface area contributed by atoms with Crippen molar-refractivity contribution in [2.24, 2.45) is 5.92 Å². The van der Waals surface area contributed by atoms with E-state index in [0.29, 0.717) is 12.5 Å². The zero-order valence-corrected chi connectivity index (χ0v) is 18.5. The molecule has 32 heavy (non-hydrogen) atoms. The predicted octanol–water partition coefficient (Wildman–Crippen LogP) is 3.51. The fourth-order valence-corrected chi connectivity index (χ4v) is 4.92. The molecular formula is C26H33N3O3. The lowest BCUT2D eigenvalue weighted by Gasteiger charge is -2.39. The molecule has 1 heterocycles. The second-order valence-corrected chi connectivity index (χ2v) is 9.01. The minimum absolute atomic E-state index is 0.0831. The van der Waals surface area contributed by atoms with Crippen LogP contribution in [0.15, 0.2) is 60.7 Å². The molecule has 2 fully saturated rings. The van der Waals surface area contributed by atoms with Gasteiger partial charge in [0, 0.05) is 25.2 Å². The molecule has 1 saturated heterocycles. The van der Waals surface area contributed by atoms with Gasteiger partial charge in [-0.25, -0.2) is 4.79 Å². The average Bonchev–Trinajstić information content (AvgIpc) is 2.80. The topological polar surface area (TPSA) is 70.7 Å². The van der Waals surface area contributed by atoms with E-state index < -0.39 is 0 Å². The molecule has 2 amide bonds. The molecule has 2 aromatic rings. The molecule has 4 rings (SSSR count). The van der Waals surface area contributed by atoms with Gasteiger partial charge in [0.1, 0.15) is 6.61 Å². The Bertz CT molecular complexity index is 874. The quantitative estimate of drug-likeness (QED) is 0.698. The van der Waals surface area contributed by atoms with Crippen LogP contribution in [0.5, 0.6) is 0 Å². The predicted molar refractivity (Wildman–Crippen MR) is 124 cm³/mol. The second-order valence-electron chi connectivity index (χ2n) is 9.01. The number of hydrogen-bond acceptors (Lipinski definition) is 4. The first-order valence-electron chi connectivity index (χ1n) is 11.7. The summed E-state index contributed by atoms with van der Waals surface area (Å²) in [7, 11) is 0. The first-order chi connectivity index (χ1) is 15.7. The molecule has 2 N–H and O–H groups in total. The van der Waals surface area contributed by atoms with Gasteiger partial charge < -0.3 is 15.4 Å². The Kier molecular flexibility index (Phi) is 7.77. The minimum atomic E-state index is -0.357. The van der Waals surface area contributed by atoms with Crippen LogP contribution in [0.3, 0.4) is 0 Å². The lowest BCUT2D eigenvalue weighted by atomic mass is 9.84. The van der Waals surface area contributed by atoms with Crippen LogP contribution < -0.4 is 10.6 Å². The smallest absolute Gasteiger partial charge is 0.407 e. The molecule has 1 unspecified atom stereocenters. The zero-order valence-electron chi connectivity index (χ0n) is 18.5. The van der Waals surface area contributed by atoms with Crippen molar-refractivity contribution in [2.75, 3.05) is 19.6 Å². The van der Waals surface area contributed by atoms with E-state index in [1.165, 1.54) is 5.56 Å². The first kappa shape index (κ1) is 22.3. The van der Waals surface area contributed by atoms with E-state index in [2.05, 4.69) is 27.7 Å². The highest BCUT2D eigenvalue weighted by atomic mass is 16.5. The third-order valence-electron chi connectivity index (χ3n) is 6.45. The molecule has 170 valence electrons. The molecule has 0 aromatic heterocycles. The third kappa shape index (κ3) is 6.57. The molecule has 6 nitrogen and oxygen atoms in total. The Morgan fingerprint density at radius 1 is 1.00 bits per heavy atom. The van der Waals surface area contributed by atoms with Crippen molar-refractivity contribution >= 4 is 12.0 Å². The number of ether oxygens (including phenoxy) is 1. The normalized spacial score (nSPS) is 23.9. The summed E-state index contributed by atoms with van der Waals surface area (Å²) in [6.07, 6.45) is 4.77. The number of hydrogen-bond donors (Lipinski definition) is 2.